The summed E-state index contributed by atoms with van der Waals surface area (Å²) in [5.41, 5.74) is 0.893. The monoisotopic (exact) mass is 385 g/mol. The van der Waals surface area contributed by atoms with E-state index in [1.165, 1.54) is 26.0 Å². The summed E-state index contributed by atoms with van der Waals surface area (Å²) >= 11 is 1.10. The number of amides is 1. The third-order valence-corrected chi connectivity index (χ3v) is 4.98. The lowest BCUT2D eigenvalue weighted by molar-refractivity contribution is -0.123. The van der Waals surface area contributed by atoms with Crippen LogP contribution in [-0.4, -0.2) is 23.8 Å². The third-order valence-electron chi connectivity index (χ3n) is 3.90. The maximum atomic E-state index is 13.8. The molecule has 0 fully saturated rings. The molecule has 7 heteroatoms. The highest BCUT2D eigenvalue weighted by Gasteiger charge is 2.21. The third kappa shape index (κ3) is 4.20. The van der Waals surface area contributed by atoms with Crippen molar-refractivity contribution < 1.29 is 23.5 Å². The molecule has 0 aliphatic rings. The molecule has 0 saturated heterocycles. The Hall–Kier alpha value is -3.06. The number of Topliss-reactive ketones (excluding diaryl/α,β-unsaturated/α-hetero) is 1. The number of benzene rings is 2. The summed E-state index contributed by atoms with van der Waals surface area (Å²) < 4.78 is 19.6. The Morgan fingerprint density at radius 2 is 1.85 bits per heavy atom. The summed E-state index contributed by atoms with van der Waals surface area (Å²) in [6.07, 6.45) is -1.06. The maximum Gasteiger partial charge on any atom is 0.349 e. The van der Waals surface area contributed by atoms with E-state index in [-0.39, 0.29) is 10.7 Å². The number of halogens is 1. The summed E-state index contributed by atoms with van der Waals surface area (Å²) in [5.74, 6) is -1.77. The Labute approximate surface area is 158 Å². The SMILES string of the molecule is CC(=O)c1cccc(NC(=O)[C@H](C)OC(=O)c2cc3c(F)cccc3s2)c1. The van der Waals surface area contributed by atoms with E-state index < -0.39 is 23.8 Å². The zero-order valence-corrected chi connectivity index (χ0v) is 15.4. The second-order valence-electron chi connectivity index (χ2n) is 5.94. The topological polar surface area (TPSA) is 72.5 Å². The molecule has 0 aliphatic heterocycles. The van der Waals surface area contributed by atoms with Crippen LogP contribution in [0.25, 0.3) is 10.1 Å². The van der Waals surface area contributed by atoms with Gasteiger partial charge in [-0.25, -0.2) is 9.18 Å². The van der Waals surface area contributed by atoms with Crippen LogP contribution in [0.5, 0.6) is 0 Å². The average Bonchev–Trinajstić information content (AvgIpc) is 3.07. The first-order chi connectivity index (χ1) is 12.8. The average molecular weight is 385 g/mol. The van der Waals surface area contributed by atoms with Gasteiger partial charge < -0.3 is 10.1 Å². The number of ether oxygens (including phenoxy) is 1. The van der Waals surface area contributed by atoms with Crippen LogP contribution in [-0.2, 0) is 9.53 Å². The molecule has 0 radical (unpaired) electrons. The summed E-state index contributed by atoms with van der Waals surface area (Å²) in [6.45, 7) is 2.87. The minimum atomic E-state index is -1.06. The number of thiophene rings is 1. The molecule has 138 valence electrons. The van der Waals surface area contributed by atoms with Gasteiger partial charge in [0.15, 0.2) is 11.9 Å². The van der Waals surface area contributed by atoms with Gasteiger partial charge in [0.25, 0.3) is 5.91 Å². The number of carbonyl (C=O) groups is 3. The summed E-state index contributed by atoms with van der Waals surface area (Å²) in [6, 6.07) is 12.5. The number of nitrogens with one attached hydrogen (secondary N) is 1. The molecular weight excluding hydrogens is 369 g/mol. The standard InChI is InChI=1S/C20H16FNO4S/c1-11(23)13-5-3-6-14(9-13)22-19(24)12(2)26-20(25)18-10-15-16(21)7-4-8-17(15)27-18/h3-10,12H,1-2H3,(H,22,24)/t12-/m0/s1. The molecule has 1 amide bonds. The molecule has 3 aromatic rings. The van der Waals surface area contributed by atoms with Gasteiger partial charge in [-0.2, -0.15) is 0 Å². The molecular formula is C20H16FNO4S. The van der Waals surface area contributed by atoms with E-state index >= 15 is 0 Å². The molecule has 0 spiro atoms. The van der Waals surface area contributed by atoms with Crippen molar-refractivity contribution in [2.75, 3.05) is 5.32 Å². The Morgan fingerprint density at radius 3 is 2.56 bits per heavy atom. The highest BCUT2D eigenvalue weighted by atomic mass is 32.1. The van der Waals surface area contributed by atoms with Crippen molar-refractivity contribution >= 4 is 44.8 Å². The number of hydrogen-bond donors (Lipinski definition) is 1. The van der Waals surface area contributed by atoms with Crippen LogP contribution in [0.4, 0.5) is 10.1 Å². The van der Waals surface area contributed by atoms with Crippen LogP contribution < -0.4 is 5.32 Å². The van der Waals surface area contributed by atoms with E-state index in [2.05, 4.69) is 5.32 Å². The van der Waals surface area contributed by atoms with Crippen molar-refractivity contribution in [3.8, 4) is 0 Å². The van der Waals surface area contributed by atoms with Crippen molar-refractivity contribution in [1.82, 2.24) is 0 Å². The van der Waals surface area contributed by atoms with Gasteiger partial charge in [-0.1, -0.05) is 18.2 Å². The first-order valence-electron chi connectivity index (χ1n) is 8.16. The summed E-state index contributed by atoms with van der Waals surface area (Å²) in [7, 11) is 0. The number of hydrogen-bond acceptors (Lipinski definition) is 5. The lowest BCUT2D eigenvalue weighted by atomic mass is 10.1. The minimum Gasteiger partial charge on any atom is -0.448 e. The fourth-order valence-electron chi connectivity index (χ4n) is 2.46. The van der Waals surface area contributed by atoms with Crippen LogP contribution in [0.15, 0.2) is 48.5 Å². The van der Waals surface area contributed by atoms with Crippen LogP contribution in [0.2, 0.25) is 0 Å². The van der Waals surface area contributed by atoms with Gasteiger partial charge in [-0.3, -0.25) is 9.59 Å². The summed E-state index contributed by atoms with van der Waals surface area (Å²) in [4.78, 5) is 36.2. The number of anilines is 1. The van der Waals surface area contributed by atoms with Crippen LogP contribution in [0, 0.1) is 5.82 Å². The van der Waals surface area contributed by atoms with Gasteiger partial charge in [-0.15, -0.1) is 11.3 Å². The predicted molar refractivity (Wildman–Crippen MR) is 102 cm³/mol. The van der Waals surface area contributed by atoms with E-state index in [0.29, 0.717) is 21.3 Å². The normalized spacial score (nSPS) is 11.8. The number of carbonyl (C=O) groups excluding carboxylic acids is 3. The molecule has 27 heavy (non-hydrogen) atoms. The molecule has 0 aliphatic carbocycles. The predicted octanol–water partition coefficient (Wildman–Crippen LogP) is 4.43. The Morgan fingerprint density at radius 1 is 1.11 bits per heavy atom. The molecule has 1 aromatic heterocycles. The largest absolute Gasteiger partial charge is 0.448 e. The number of esters is 1. The van der Waals surface area contributed by atoms with Crippen molar-refractivity contribution in [3.63, 3.8) is 0 Å². The Bertz CT molecular complexity index is 1040. The molecule has 1 atom stereocenters. The lowest BCUT2D eigenvalue weighted by Gasteiger charge is -2.13. The highest BCUT2D eigenvalue weighted by Crippen LogP contribution is 2.28. The number of ketones is 1. The van der Waals surface area contributed by atoms with Gasteiger partial charge in [0, 0.05) is 21.3 Å². The fraction of sp³-hybridized carbons (Fsp3) is 0.150. The van der Waals surface area contributed by atoms with Gasteiger partial charge in [0.2, 0.25) is 0 Å². The van der Waals surface area contributed by atoms with Crippen molar-refractivity contribution in [3.05, 3.63) is 64.8 Å². The first kappa shape index (κ1) is 18.7. The second kappa shape index (κ2) is 7.67. The molecule has 0 unspecified atom stereocenters. The van der Waals surface area contributed by atoms with E-state index in [4.69, 9.17) is 4.74 Å². The second-order valence-corrected chi connectivity index (χ2v) is 7.02. The maximum absolute atomic E-state index is 13.8. The molecule has 0 saturated carbocycles. The van der Waals surface area contributed by atoms with Gasteiger partial charge >= 0.3 is 5.97 Å². The first-order valence-corrected chi connectivity index (χ1v) is 8.97. The molecule has 3 rings (SSSR count). The van der Waals surface area contributed by atoms with E-state index in [1.807, 2.05) is 0 Å². The van der Waals surface area contributed by atoms with Crippen LogP contribution in [0.3, 0.4) is 0 Å². The minimum absolute atomic E-state index is 0.123. The quantitative estimate of drug-likeness (QED) is 0.521. The number of fused-ring (bicyclic) bond motifs is 1. The molecule has 0 bridgehead atoms. The molecule has 1 heterocycles. The molecule has 2 aromatic carbocycles. The lowest BCUT2D eigenvalue weighted by Crippen LogP contribution is -2.29. The number of rotatable bonds is 5. The highest BCUT2D eigenvalue weighted by molar-refractivity contribution is 7.20. The zero-order valence-electron chi connectivity index (χ0n) is 14.6. The van der Waals surface area contributed by atoms with E-state index in [1.54, 1.807) is 36.4 Å². The Balaban J connectivity index is 1.68. The Kier molecular flexibility index (Phi) is 5.32. The van der Waals surface area contributed by atoms with Gasteiger partial charge in [0.1, 0.15) is 10.7 Å². The van der Waals surface area contributed by atoms with Crippen molar-refractivity contribution in [2.45, 2.75) is 20.0 Å². The van der Waals surface area contributed by atoms with Crippen molar-refractivity contribution in [1.29, 1.82) is 0 Å². The van der Waals surface area contributed by atoms with E-state index in [0.717, 1.165) is 11.3 Å². The fourth-order valence-corrected chi connectivity index (χ4v) is 3.42. The summed E-state index contributed by atoms with van der Waals surface area (Å²) in [5, 5.41) is 2.94. The van der Waals surface area contributed by atoms with Gasteiger partial charge in [-0.05, 0) is 44.2 Å². The van der Waals surface area contributed by atoms with Gasteiger partial charge in [0.05, 0.1) is 0 Å². The van der Waals surface area contributed by atoms with Crippen molar-refractivity contribution in [2.24, 2.45) is 0 Å². The zero-order chi connectivity index (χ0) is 19.6. The van der Waals surface area contributed by atoms with Crippen LogP contribution in [0.1, 0.15) is 33.9 Å². The van der Waals surface area contributed by atoms with Crippen LogP contribution >= 0.6 is 11.3 Å². The molecule has 5 nitrogen and oxygen atoms in total. The smallest absolute Gasteiger partial charge is 0.349 e. The van der Waals surface area contributed by atoms with E-state index in [9.17, 15) is 18.8 Å². The molecule has 1 N–H and O–H groups in total.